The summed E-state index contributed by atoms with van der Waals surface area (Å²) in [5.74, 6) is 0.370. The Morgan fingerprint density at radius 3 is 2.23 bits per heavy atom. The van der Waals surface area contributed by atoms with Gasteiger partial charge >= 0.3 is 0 Å². The fourth-order valence-electron chi connectivity index (χ4n) is 3.54. The predicted octanol–water partition coefficient (Wildman–Crippen LogP) is 2.82. The van der Waals surface area contributed by atoms with Crippen molar-refractivity contribution in [2.24, 2.45) is 0 Å². The van der Waals surface area contributed by atoms with E-state index < -0.39 is 10.0 Å². The molecule has 1 atom stereocenters. The Balaban J connectivity index is 1.50. The fourth-order valence-corrected chi connectivity index (χ4v) is 4.96. The Hall–Kier alpha value is -2.22. The topological polar surface area (TPSA) is 69.7 Å². The second-order valence-electron chi connectivity index (χ2n) is 7.82. The maximum Gasteiger partial charge on any atom is 0.243 e. The SMILES string of the molecule is CC[C@H](C)c1ccc(S(=O)(=O)N2CCN(CC(=O)NCc3ccccc3)CC2)cc1. The number of amides is 1. The standard InChI is InChI=1S/C23H31N3O3S/c1-3-19(2)21-9-11-22(12-10-21)30(28,29)26-15-13-25(14-16-26)18-23(27)24-17-20-7-5-4-6-8-20/h4-12,19H,3,13-18H2,1-2H3,(H,24,27)/t19-/m0/s1. The van der Waals surface area contributed by atoms with Crippen molar-refractivity contribution in [1.29, 1.82) is 0 Å². The zero-order valence-corrected chi connectivity index (χ0v) is 18.6. The molecule has 30 heavy (non-hydrogen) atoms. The number of carbonyl (C=O) groups excluding carboxylic acids is 1. The molecule has 162 valence electrons. The molecule has 0 unspecified atom stereocenters. The smallest absolute Gasteiger partial charge is 0.243 e. The molecule has 0 bridgehead atoms. The molecule has 7 heteroatoms. The average Bonchev–Trinajstić information content (AvgIpc) is 2.78. The van der Waals surface area contributed by atoms with Crippen molar-refractivity contribution in [2.45, 2.75) is 37.6 Å². The van der Waals surface area contributed by atoms with Crippen LogP contribution < -0.4 is 5.32 Å². The summed E-state index contributed by atoms with van der Waals surface area (Å²) in [7, 11) is -3.50. The van der Waals surface area contributed by atoms with Crippen molar-refractivity contribution >= 4 is 15.9 Å². The van der Waals surface area contributed by atoms with Crippen LogP contribution in [0.1, 0.15) is 37.3 Å². The van der Waals surface area contributed by atoms with Gasteiger partial charge < -0.3 is 5.32 Å². The van der Waals surface area contributed by atoms with E-state index in [1.54, 1.807) is 12.1 Å². The molecule has 2 aromatic carbocycles. The minimum atomic E-state index is -3.50. The van der Waals surface area contributed by atoms with Gasteiger partial charge in [-0.25, -0.2) is 8.42 Å². The molecule has 1 aliphatic rings. The molecule has 0 aliphatic carbocycles. The molecule has 1 aliphatic heterocycles. The molecule has 1 saturated heterocycles. The predicted molar refractivity (Wildman–Crippen MR) is 119 cm³/mol. The molecule has 1 fully saturated rings. The van der Waals surface area contributed by atoms with Crippen molar-refractivity contribution in [2.75, 3.05) is 32.7 Å². The lowest BCUT2D eigenvalue weighted by Gasteiger charge is -2.33. The Labute approximate surface area is 179 Å². The highest BCUT2D eigenvalue weighted by Crippen LogP contribution is 2.23. The second kappa shape index (κ2) is 10.2. The van der Waals surface area contributed by atoms with Crippen molar-refractivity contribution in [3.63, 3.8) is 0 Å². The Kier molecular flexibility index (Phi) is 7.64. The monoisotopic (exact) mass is 429 g/mol. The van der Waals surface area contributed by atoms with Gasteiger partial charge in [0, 0.05) is 32.7 Å². The summed E-state index contributed by atoms with van der Waals surface area (Å²) in [6, 6.07) is 17.0. The van der Waals surface area contributed by atoms with Crippen LogP contribution in [0.2, 0.25) is 0 Å². The van der Waals surface area contributed by atoms with E-state index in [2.05, 4.69) is 19.2 Å². The first-order valence-electron chi connectivity index (χ1n) is 10.5. The van der Waals surface area contributed by atoms with E-state index in [0.29, 0.717) is 43.5 Å². The van der Waals surface area contributed by atoms with E-state index in [4.69, 9.17) is 0 Å². The maximum absolute atomic E-state index is 13.0. The van der Waals surface area contributed by atoms with Gasteiger partial charge in [-0.05, 0) is 35.6 Å². The summed E-state index contributed by atoms with van der Waals surface area (Å²) < 4.78 is 27.4. The highest BCUT2D eigenvalue weighted by atomic mass is 32.2. The van der Waals surface area contributed by atoms with Gasteiger partial charge in [0.15, 0.2) is 0 Å². The first-order chi connectivity index (χ1) is 14.4. The first kappa shape index (κ1) is 22.5. The van der Waals surface area contributed by atoms with Crippen LogP contribution >= 0.6 is 0 Å². The lowest BCUT2D eigenvalue weighted by Crippen LogP contribution is -2.50. The number of rotatable bonds is 8. The number of carbonyl (C=O) groups is 1. The summed E-state index contributed by atoms with van der Waals surface area (Å²) in [6.07, 6.45) is 1.02. The number of nitrogens with one attached hydrogen (secondary N) is 1. The summed E-state index contributed by atoms with van der Waals surface area (Å²) in [4.78, 5) is 14.5. The molecule has 1 heterocycles. The molecule has 1 N–H and O–H groups in total. The summed E-state index contributed by atoms with van der Waals surface area (Å²) in [6.45, 7) is 6.91. The highest BCUT2D eigenvalue weighted by molar-refractivity contribution is 7.89. The minimum absolute atomic E-state index is 0.0456. The van der Waals surface area contributed by atoms with E-state index >= 15 is 0 Å². The van der Waals surface area contributed by atoms with Gasteiger partial charge in [0.25, 0.3) is 0 Å². The third kappa shape index (κ3) is 5.68. The van der Waals surface area contributed by atoms with Gasteiger partial charge in [0.05, 0.1) is 11.4 Å². The van der Waals surface area contributed by atoms with Gasteiger partial charge in [0.2, 0.25) is 15.9 Å². The zero-order valence-electron chi connectivity index (χ0n) is 17.8. The van der Waals surface area contributed by atoms with Crippen LogP contribution in [0.5, 0.6) is 0 Å². The quantitative estimate of drug-likeness (QED) is 0.701. The normalized spacial score (nSPS) is 16.9. The van der Waals surface area contributed by atoms with Crippen LogP contribution in [0.3, 0.4) is 0 Å². The van der Waals surface area contributed by atoms with Crippen LogP contribution in [0, 0.1) is 0 Å². The third-order valence-electron chi connectivity index (χ3n) is 5.73. The molecule has 3 rings (SSSR count). The largest absolute Gasteiger partial charge is 0.351 e. The Bertz CT molecular complexity index is 922. The van der Waals surface area contributed by atoms with Crippen LogP contribution in [0.4, 0.5) is 0 Å². The molecule has 1 amide bonds. The van der Waals surface area contributed by atoms with Gasteiger partial charge in [-0.1, -0.05) is 56.3 Å². The van der Waals surface area contributed by atoms with Crippen LogP contribution in [-0.2, 0) is 21.4 Å². The van der Waals surface area contributed by atoms with Gasteiger partial charge in [-0.2, -0.15) is 4.31 Å². The Morgan fingerprint density at radius 1 is 1.00 bits per heavy atom. The van der Waals surface area contributed by atoms with Crippen molar-refractivity contribution in [3.8, 4) is 0 Å². The molecule has 2 aromatic rings. The van der Waals surface area contributed by atoms with Crippen molar-refractivity contribution in [3.05, 3.63) is 65.7 Å². The van der Waals surface area contributed by atoms with E-state index in [1.165, 1.54) is 4.31 Å². The maximum atomic E-state index is 13.0. The molecule has 0 saturated carbocycles. The highest BCUT2D eigenvalue weighted by Gasteiger charge is 2.29. The average molecular weight is 430 g/mol. The number of hydrogen-bond donors (Lipinski definition) is 1. The first-order valence-corrected chi connectivity index (χ1v) is 12.0. The summed E-state index contributed by atoms with van der Waals surface area (Å²) >= 11 is 0. The molecule has 6 nitrogen and oxygen atoms in total. The van der Waals surface area contributed by atoms with E-state index in [-0.39, 0.29) is 12.5 Å². The van der Waals surface area contributed by atoms with Crippen molar-refractivity contribution < 1.29 is 13.2 Å². The van der Waals surface area contributed by atoms with Gasteiger partial charge in [0.1, 0.15) is 0 Å². The van der Waals surface area contributed by atoms with Crippen LogP contribution in [0.25, 0.3) is 0 Å². The van der Waals surface area contributed by atoms with E-state index in [0.717, 1.165) is 17.5 Å². The number of hydrogen-bond acceptors (Lipinski definition) is 4. The van der Waals surface area contributed by atoms with E-state index in [9.17, 15) is 13.2 Å². The number of sulfonamides is 1. The molecule has 0 aromatic heterocycles. The third-order valence-corrected chi connectivity index (χ3v) is 7.64. The lowest BCUT2D eigenvalue weighted by atomic mass is 9.99. The molecular weight excluding hydrogens is 398 g/mol. The zero-order chi connectivity index (χ0) is 21.6. The molecule has 0 radical (unpaired) electrons. The minimum Gasteiger partial charge on any atom is -0.351 e. The number of benzene rings is 2. The summed E-state index contributed by atoms with van der Waals surface area (Å²) in [5, 5.41) is 2.92. The second-order valence-corrected chi connectivity index (χ2v) is 9.76. The van der Waals surface area contributed by atoms with Gasteiger partial charge in [-0.15, -0.1) is 0 Å². The summed E-state index contributed by atoms with van der Waals surface area (Å²) in [5.41, 5.74) is 2.21. The number of piperazine rings is 1. The Morgan fingerprint density at radius 2 is 1.63 bits per heavy atom. The number of nitrogens with zero attached hydrogens (tertiary/aromatic N) is 2. The van der Waals surface area contributed by atoms with Crippen LogP contribution in [-0.4, -0.2) is 56.3 Å². The lowest BCUT2D eigenvalue weighted by molar-refractivity contribution is -0.122. The van der Waals surface area contributed by atoms with E-state index in [1.807, 2.05) is 47.4 Å². The fraction of sp³-hybridized carbons (Fsp3) is 0.435. The molecular formula is C23H31N3O3S. The van der Waals surface area contributed by atoms with Crippen molar-refractivity contribution in [1.82, 2.24) is 14.5 Å². The van der Waals surface area contributed by atoms with Gasteiger partial charge in [-0.3, -0.25) is 9.69 Å². The van der Waals surface area contributed by atoms with Crippen LogP contribution in [0.15, 0.2) is 59.5 Å². The molecule has 0 spiro atoms.